The Labute approximate surface area is 137 Å². The molecule has 126 valence electrons. The number of carbonyl (C=O) groups is 2. The monoisotopic (exact) mass is 318 g/mol. The summed E-state index contributed by atoms with van der Waals surface area (Å²) in [5.41, 5.74) is 1.76. The molecule has 1 fully saturated rings. The summed E-state index contributed by atoms with van der Waals surface area (Å²) in [6.07, 6.45) is 0. The molecule has 0 atom stereocenters. The van der Waals surface area contributed by atoms with Crippen LogP contribution < -0.4 is 10.6 Å². The number of carbonyl (C=O) groups excluding carboxylic acids is 2. The van der Waals surface area contributed by atoms with Crippen molar-refractivity contribution in [2.24, 2.45) is 0 Å². The largest absolute Gasteiger partial charge is 0.353 e. The minimum Gasteiger partial charge on any atom is -0.353 e. The van der Waals surface area contributed by atoms with Gasteiger partial charge in [-0.15, -0.1) is 0 Å². The molecule has 0 radical (unpaired) electrons. The van der Waals surface area contributed by atoms with E-state index in [-0.39, 0.29) is 11.8 Å². The minimum atomic E-state index is -0.113. The third kappa shape index (κ3) is 6.00. The van der Waals surface area contributed by atoms with E-state index in [1.54, 1.807) is 12.1 Å². The molecular weight excluding hydrogens is 292 g/mol. The number of nitrogens with zero attached hydrogens (tertiary/aromatic N) is 2. The minimum absolute atomic E-state index is 0.0131. The molecule has 1 aromatic carbocycles. The molecule has 6 heteroatoms. The fourth-order valence-corrected chi connectivity index (χ4v) is 2.45. The van der Waals surface area contributed by atoms with Crippen molar-refractivity contribution in [1.29, 1.82) is 0 Å². The smallest absolute Gasteiger partial charge is 0.251 e. The molecule has 0 aromatic heterocycles. The number of aryl methyl sites for hydroxylation is 1. The molecule has 0 bridgehead atoms. The van der Waals surface area contributed by atoms with Crippen LogP contribution in [-0.2, 0) is 4.79 Å². The molecule has 1 aromatic rings. The summed E-state index contributed by atoms with van der Waals surface area (Å²) in [5, 5.41) is 5.66. The van der Waals surface area contributed by atoms with Gasteiger partial charge in [0.25, 0.3) is 5.91 Å². The maximum atomic E-state index is 11.9. The van der Waals surface area contributed by atoms with Crippen molar-refractivity contribution >= 4 is 11.8 Å². The molecule has 2 amide bonds. The van der Waals surface area contributed by atoms with Crippen LogP contribution in [0.25, 0.3) is 0 Å². The predicted molar refractivity (Wildman–Crippen MR) is 90.5 cm³/mol. The van der Waals surface area contributed by atoms with Gasteiger partial charge in [0.05, 0.1) is 6.54 Å². The van der Waals surface area contributed by atoms with Crippen LogP contribution in [0.2, 0.25) is 0 Å². The normalized spacial score (nSPS) is 16.1. The molecule has 0 aliphatic carbocycles. The van der Waals surface area contributed by atoms with Gasteiger partial charge in [-0.25, -0.2) is 0 Å². The summed E-state index contributed by atoms with van der Waals surface area (Å²) < 4.78 is 0. The summed E-state index contributed by atoms with van der Waals surface area (Å²) in [7, 11) is 2.09. The highest BCUT2D eigenvalue weighted by atomic mass is 16.2. The van der Waals surface area contributed by atoms with Crippen LogP contribution in [0.4, 0.5) is 0 Å². The van der Waals surface area contributed by atoms with Crippen LogP contribution in [0.3, 0.4) is 0 Å². The second-order valence-electron chi connectivity index (χ2n) is 6.05. The van der Waals surface area contributed by atoms with Crippen molar-refractivity contribution in [3.63, 3.8) is 0 Å². The van der Waals surface area contributed by atoms with Crippen molar-refractivity contribution < 1.29 is 9.59 Å². The zero-order valence-corrected chi connectivity index (χ0v) is 14.0. The van der Waals surface area contributed by atoms with Crippen molar-refractivity contribution in [3.05, 3.63) is 35.4 Å². The van der Waals surface area contributed by atoms with Crippen LogP contribution in [0.15, 0.2) is 24.3 Å². The van der Waals surface area contributed by atoms with Gasteiger partial charge in [0.15, 0.2) is 0 Å². The molecule has 2 N–H and O–H groups in total. The summed E-state index contributed by atoms with van der Waals surface area (Å²) in [5.74, 6) is -0.0996. The molecule has 1 aliphatic heterocycles. The van der Waals surface area contributed by atoms with Crippen LogP contribution in [0.5, 0.6) is 0 Å². The van der Waals surface area contributed by atoms with Gasteiger partial charge in [0.2, 0.25) is 5.91 Å². The highest BCUT2D eigenvalue weighted by molar-refractivity contribution is 5.94. The summed E-state index contributed by atoms with van der Waals surface area (Å²) in [6, 6.07) is 7.42. The van der Waals surface area contributed by atoms with Gasteiger partial charge in [0.1, 0.15) is 0 Å². The average molecular weight is 318 g/mol. The van der Waals surface area contributed by atoms with E-state index in [0.29, 0.717) is 25.2 Å². The maximum absolute atomic E-state index is 11.9. The van der Waals surface area contributed by atoms with E-state index in [1.165, 1.54) is 0 Å². The number of rotatable bonds is 6. The van der Waals surface area contributed by atoms with Gasteiger partial charge < -0.3 is 15.5 Å². The van der Waals surface area contributed by atoms with E-state index in [1.807, 2.05) is 19.1 Å². The molecule has 2 rings (SSSR count). The second kappa shape index (κ2) is 8.64. The molecule has 0 saturated carbocycles. The van der Waals surface area contributed by atoms with Crippen LogP contribution in [0, 0.1) is 6.92 Å². The molecule has 1 saturated heterocycles. The highest BCUT2D eigenvalue weighted by Gasteiger charge is 2.16. The Kier molecular flexibility index (Phi) is 6.55. The zero-order valence-electron chi connectivity index (χ0n) is 14.0. The standard InChI is InChI=1S/C17H26N4O2/c1-14-3-5-15(6-4-14)17(23)19-8-7-18-16(22)13-21-11-9-20(2)10-12-21/h3-6H,7-13H2,1-2H3,(H,18,22)(H,19,23). The first-order valence-electron chi connectivity index (χ1n) is 8.07. The lowest BCUT2D eigenvalue weighted by molar-refractivity contribution is -0.122. The van der Waals surface area contributed by atoms with Gasteiger partial charge in [-0.05, 0) is 26.1 Å². The Bertz CT molecular complexity index is 522. The van der Waals surface area contributed by atoms with Gasteiger partial charge in [0, 0.05) is 44.8 Å². The van der Waals surface area contributed by atoms with Crippen LogP contribution in [-0.4, -0.2) is 74.5 Å². The number of hydrogen-bond donors (Lipinski definition) is 2. The Hall–Kier alpha value is -1.92. The van der Waals surface area contributed by atoms with Crippen molar-refractivity contribution in [2.45, 2.75) is 6.92 Å². The van der Waals surface area contributed by atoms with Gasteiger partial charge in [-0.2, -0.15) is 0 Å². The fraction of sp³-hybridized carbons (Fsp3) is 0.529. The highest BCUT2D eigenvalue weighted by Crippen LogP contribution is 2.02. The number of likely N-dealkylation sites (N-methyl/N-ethyl adjacent to an activating group) is 1. The topological polar surface area (TPSA) is 64.7 Å². The number of hydrogen-bond acceptors (Lipinski definition) is 4. The summed E-state index contributed by atoms with van der Waals surface area (Å²) in [4.78, 5) is 28.2. The van der Waals surface area contributed by atoms with Crippen molar-refractivity contribution in [3.8, 4) is 0 Å². The molecule has 0 unspecified atom stereocenters. The number of amides is 2. The average Bonchev–Trinajstić information content (AvgIpc) is 2.54. The Morgan fingerprint density at radius 1 is 1.00 bits per heavy atom. The first-order valence-corrected chi connectivity index (χ1v) is 8.07. The van der Waals surface area contributed by atoms with E-state index >= 15 is 0 Å². The number of benzene rings is 1. The van der Waals surface area contributed by atoms with E-state index in [4.69, 9.17) is 0 Å². The molecule has 1 heterocycles. The van der Waals surface area contributed by atoms with Crippen LogP contribution >= 0.6 is 0 Å². The third-order valence-electron chi connectivity index (χ3n) is 4.01. The Morgan fingerprint density at radius 2 is 1.61 bits per heavy atom. The van der Waals surface area contributed by atoms with Gasteiger partial charge in [-0.3, -0.25) is 14.5 Å². The lowest BCUT2D eigenvalue weighted by Crippen LogP contribution is -2.48. The quantitative estimate of drug-likeness (QED) is 0.730. The Morgan fingerprint density at radius 3 is 2.26 bits per heavy atom. The molecule has 1 aliphatic rings. The zero-order chi connectivity index (χ0) is 16.7. The summed E-state index contributed by atoms with van der Waals surface area (Å²) >= 11 is 0. The molecule has 6 nitrogen and oxygen atoms in total. The number of piperazine rings is 1. The lowest BCUT2D eigenvalue weighted by Gasteiger charge is -2.31. The third-order valence-corrected chi connectivity index (χ3v) is 4.01. The van der Waals surface area contributed by atoms with E-state index in [0.717, 1.165) is 31.7 Å². The lowest BCUT2D eigenvalue weighted by atomic mass is 10.1. The summed E-state index contributed by atoms with van der Waals surface area (Å²) in [6.45, 7) is 7.14. The Balaban J connectivity index is 1.60. The predicted octanol–water partition coefficient (Wildman–Crippen LogP) is 0.0884. The first-order chi connectivity index (χ1) is 11.0. The van der Waals surface area contributed by atoms with E-state index < -0.39 is 0 Å². The van der Waals surface area contributed by atoms with Crippen molar-refractivity contribution in [1.82, 2.24) is 20.4 Å². The fourth-order valence-electron chi connectivity index (χ4n) is 2.45. The maximum Gasteiger partial charge on any atom is 0.251 e. The second-order valence-corrected chi connectivity index (χ2v) is 6.05. The first kappa shape index (κ1) is 17.4. The van der Waals surface area contributed by atoms with Gasteiger partial charge in [-0.1, -0.05) is 17.7 Å². The van der Waals surface area contributed by atoms with Gasteiger partial charge >= 0.3 is 0 Å². The molecule has 0 spiro atoms. The SMILES string of the molecule is Cc1ccc(C(=O)NCCNC(=O)CN2CCN(C)CC2)cc1. The van der Waals surface area contributed by atoms with Crippen LogP contribution in [0.1, 0.15) is 15.9 Å². The molecular formula is C17H26N4O2. The number of nitrogens with one attached hydrogen (secondary N) is 2. The van der Waals surface area contributed by atoms with E-state index in [2.05, 4.69) is 27.5 Å². The van der Waals surface area contributed by atoms with E-state index in [9.17, 15) is 9.59 Å². The molecule has 23 heavy (non-hydrogen) atoms. The van der Waals surface area contributed by atoms with Crippen molar-refractivity contribution in [2.75, 3.05) is 52.9 Å².